The maximum atomic E-state index is 11.6. The molecule has 0 spiro atoms. The van der Waals surface area contributed by atoms with E-state index < -0.39 is 5.97 Å². The predicted molar refractivity (Wildman–Crippen MR) is 107 cm³/mol. The lowest BCUT2D eigenvalue weighted by atomic mass is 9.91. The van der Waals surface area contributed by atoms with Crippen molar-refractivity contribution >= 4 is 28.3 Å². The number of pyridine rings is 1. The van der Waals surface area contributed by atoms with Gasteiger partial charge in [0.2, 0.25) is 0 Å². The average Bonchev–Trinajstić information content (AvgIpc) is 2.70. The number of rotatable bonds is 4. The molecule has 1 saturated heterocycles. The summed E-state index contributed by atoms with van der Waals surface area (Å²) in [7, 11) is 0. The van der Waals surface area contributed by atoms with Crippen molar-refractivity contribution in [3.05, 3.63) is 77.1 Å². The van der Waals surface area contributed by atoms with E-state index in [2.05, 4.69) is 28.1 Å². The molecule has 0 aliphatic carbocycles. The van der Waals surface area contributed by atoms with Crippen molar-refractivity contribution in [2.24, 2.45) is 5.92 Å². The molecule has 0 amide bonds. The zero-order valence-corrected chi connectivity index (χ0v) is 15.6. The zero-order valence-electron chi connectivity index (χ0n) is 14.9. The van der Waals surface area contributed by atoms with Crippen molar-refractivity contribution in [1.29, 1.82) is 0 Å². The van der Waals surface area contributed by atoms with Crippen molar-refractivity contribution in [2.45, 2.75) is 18.9 Å². The summed E-state index contributed by atoms with van der Waals surface area (Å²) in [6, 6.07) is 16.3. The van der Waals surface area contributed by atoms with E-state index in [4.69, 9.17) is 11.6 Å². The molecular weight excluding hydrogens is 360 g/mol. The van der Waals surface area contributed by atoms with Gasteiger partial charge in [0.15, 0.2) is 0 Å². The van der Waals surface area contributed by atoms with Crippen molar-refractivity contribution in [2.75, 3.05) is 13.1 Å². The number of fused-ring (bicyclic) bond motifs is 1. The third-order valence-electron chi connectivity index (χ3n) is 5.33. The lowest BCUT2D eigenvalue weighted by molar-refractivity contribution is -0.143. The Morgan fingerprint density at radius 3 is 2.67 bits per heavy atom. The highest BCUT2D eigenvalue weighted by Gasteiger charge is 2.31. The molecule has 5 heteroatoms. The Hall–Kier alpha value is -2.43. The third-order valence-corrected chi connectivity index (χ3v) is 5.59. The molecule has 0 saturated carbocycles. The van der Waals surface area contributed by atoms with E-state index in [1.54, 1.807) is 6.20 Å². The van der Waals surface area contributed by atoms with Gasteiger partial charge in [-0.3, -0.25) is 14.7 Å². The van der Waals surface area contributed by atoms with Gasteiger partial charge >= 0.3 is 5.97 Å². The smallest absolute Gasteiger partial charge is 0.307 e. The van der Waals surface area contributed by atoms with Gasteiger partial charge in [0, 0.05) is 29.3 Å². The van der Waals surface area contributed by atoms with Crippen LogP contribution in [0.15, 0.2) is 60.9 Å². The Kier molecular flexibility index (Phi) is 5.10. The summed E-state index contributed by atoms with van der Waals surface area (Å²) in [5.74, 6) is -1.03. The first-order chi connectivity index (χ1) is 13.1. The Morgan fingerprint density at radius 2 is 1.89 bits per heavy atom. The van der Waals surface area contributed by atoms with Crippen molar-refractivity contribution in [1.82, 2.24) is 9.88 Å². The van der Waals surface area contributed by atoms with Crippen molar-refractivity contribution in [3.63, 3.8) is 0 Å². The Labute approximate surface area is 163 Å². The molecule has 4 rings (SSSR count). The van der Waals surface area contributed by atoms with Gasteiger partial charge in [-0.05, 0) is 60.2 Å². The van der Waals surface area contributed by atoms with Crippen molar-refractivity contribution in [3.8, 4) is 0 Å². The predicted octanol–water partition coefficient (Wildman–Crippen LogP) is 4.77. The molecule has 2 unspecified atom stereocenters. The summed E-state index contributed by atoms with van der Waals surface area (Å²) in [4.78, 5) is 18.0. The highest BCUT2D eigenvalue weighted by atomic mass is 35.5. The number of aromatic nitrogens is 1. The first-order valence-electron chi connectivity index (χ1n) is 9.18. The van der Waals surface area contributed by atoms with E-state index in [0.29, 0.717) is 11.6 Å². The Morgan fingerprint density at radius 1 is 1.11 bits per heavy atom. The van der Waals surface area contributed by atoms with Crippen molar-refractivity contribution < 1.29 is 9.90 Å². The van der Waals surface area contributed by atoms with E-state index in [1.807, 2.05) is 36.5 Å². The minimum absolute atomic E-state index is 0.00184. The van der Waals surface area contributed by atoms with Crippen LogP contribution in [0.5, 0.6) is 0 Å². The van der Waals surface area contributed by atoms with Crippen LogP contribution in [-0.4, -0.2) is 34.0 Å². The molecule has 1 aliphatic rings. The number of carboxylic acids is 1. The van der Waals surface area contributed by atoms with Crippen LogP contribution >= 0.6 is 11.6 Å². The normalized spacial score (nSPS) is 19.1. The number of nitrogens with zero attached hydrogens (tertiary/aromatic N) is 2. The van der Waals surface area contributed by atoms with Gasteiger partial charge in [0.1, 0.15) is 0 Å². The number of carboxylic acid groups (broad SMARTS) is 1. The first-order valence-corrected chi connectivity index (χ1v) is 9.55. The number of hydrogen-bond donors (Lipinski definition) is 1. The van der Waals surface area contributed by atoms with Crippen LogP contribution in [0, 0.1) is 5.92 Å². The van der Waals surface area contributed by atoms with Gasteiger partial charge in [-0.25, -0.2) is 0 Å². The second-order valence-corrected chi connectivity index (χ2v) is 7.55. The molecule has 1 fully saturated rings. The molecule has 2 atom stereocenters. The number of benzene rings is 2. The molecular formula is C22H21ClN2O2. The fraction of sp³-hybridized carbons (Fsp3) is 0.273. The summed E-state index contributed by atoms with van der Waals surface area (Å²) in [6.45, 7) is 1.43. The number of piperidine rings is 1. The lowest BCUT2D eigenvalue weighted by Crippen LogP contribution is -2.41. The lowest BCUT2D eigenvalue weighted by Gasteiger charge is -2.37. The minimum atomic E-state index is -0.709. The molecule has 27 heavy (non-hydrogen) atoms. The number of carbonyl (C=O) groups is 1. The molecule has 1 aromatic heterocycles. The van der Waals surface area contributed by atoms with Gasteiger partial charge in [0.05, 0.1) is 12.0 Å². The topological polar surface area (TPSA) is 53.4 Å². The maximum Gasteiger partial charge on any atom is 0.307 e. The molecule has 1 N–H and O–H groups in total. The van der Waals surface area contributed by atoms with Crippen LogP contribution in [-0.2, 0) is 4.79 Å². The highest BCUT2D eigenvalue weighted by Crippen LogP contribution is 2.34. The number of likely N-dealkylation sites (tertiary alicyclic amines) is 1. The average molecular weight is 381 g/mol. The van der Waals surface area contributed by atoms with Crippen LogP contribution in [0.2, 0.25) is 5.02 Å². The van der Waals surface area contributed by atoms with E-state index >= 15 is 0 Å². The summed E-state index contributed by atoms with van der Waals surface area (Å²) in [5, 5.41) is 12.4. The monoisotopic (exact) mass is 380 g/mol. The second-order valence-electron chi connectivity index (χ2n) is 7.11. The van der Waals surface area contributed by atoms with Gasteiger partial charge in [-0.15, -0.1) is 0 Å². The molecule has 2 aromatic carbocycles. The van der Waals surface area contributed by atoms with E-state index in [-0.39, 0.29) is 12.0 Å². The van der Waals surface area contributed by atoms with Crippen LogP contribution < -0.4 is 0 Å². The molecule has 3 aromatic rings. The standard InChI is InChI=1S/C22H21ClN2O2/c23-20-7-5-15(6-8-20)21(25-11-1-2-19(14-25)22(26)27)17-3-4-18-13-24-10-9-16(18)12-17/h3-10,12-13,19,21H,1-2,11,14H2,(H,26,27). The molecule has 1 aliphatic heterocycles. The van der Waals surface area contributed by atoms with E-state index in [1.165, 1.54) is 0 Å². The summed E-state index contributed by atoms with van der Waals surface area (Å²) in [5.41, 5.74) is 2.28. The Balaban J connectivity index is 1.77. The van der Waals surface area contributed by atoms with E-state index in [0.717, 1.165) is 41.3 Å². The quantitative estimate of drug-likeness (QED) is 0.708. The third kappa shape index (κ3) is 3.82. The molecule has 138 valence electrons. The first kappa shape index (κ1) is 18.0. The fourth-order valence-corrected chi connectivity index (χ4v) is 4.10. The molecule has 0 bridgehead atoms. The number of halogens is 1. The molecule has 0 radical (unpaired) electrons. The van der Waals surface area contributed by atoms with Gasteiger partial charge < -0.3 is 5.11 Å². The zero-order chi connectivity index (χ0) is 18.8. The van der Waals surface area contributed by atoms with Crippen LogP contribution in [0.4, 0.5) is 0 Å². The van der Waals surface area contributed by atoms with E-state index in [9.17, 15) is 9.90 Å². The second kappa shape index (κ2) is 7.67. The number of aliphatic carboxylic acids is 1. The fourth-order valence-electron chi connectivity index (χ4n) is 3.97. The number of hydrogen-bond acceptors (Lipinski definition) is 3. The van der Waals surface area contributed by atoms with Gasteiger partial charge in [-0.1, -0.05) is 35.9 Å². The van der Waals surface area contributed by atoms with Crippen LogP contribution in [0.25, 0.3) is 10.8 Å². The molecule has 4 nitrogen and oxygen atoms in total. The highest BCUT2D eigenvalue weighted by molar-refractivity contribution is 6.30. The summed E-state index contributed by atoms with van der Waals surface area (Å²) >= 11 is 6.09. The SMILES string of the molecule is O=C(O)C1CCCN(C(c2ccc(Cl)cc2)c2ccc3cnccc3c2)C1. The summed E-state index contributed by atoms with van der Waals surface area (Å²) < 4.78 is 0. The largest absolute Gasteiger partial charge is 0.481 e. The maximum absolute atomic E-state index is 11.6. The van der Waals surface area contributed by atoms with Crippen LogP contribution in [0.3, 0.4) is 0 Å². The summed E-state index contributed by atoms with van der Waals surface area (Å²) in [6.07, 6.45) is 5.28. The molecule has 2 heterocycles. The van der Waals surface area contributed by atoms with Gasteiger partial charge in [-0.2, -0.15) is 0 Å². The Bertz CT molecular complexity index is 958. The van der Waals surface area contributed by atoms with Crippen LogP contribution in [0.1, 0.15) is 30.0 Å². The minimum Gasteiger partial charge on any atom is -0.481 e. The van der Waals surface area contributed by atoms with Gasteiger partial charge in [0.25, 0.3) is 0 Å².